The van der Waals surface area contributed by atoms with Gasteiger partial charge in [-0.15, -0.1) is 0 Å². The molecule has 0 heterocycles. The second kappa shape index (κ2) is 6.75. The lowest BCUT2D eigenvalue weighted by Crippen LogP contribution is -2.48. The van der Waals surface area contributed by atoms with Gasteiger partial charge in [0, 0.05) is 5.54 Å². The zero-order valence-corrected chi connectivity index (χ0v) is 11.1. The van der Waals surface area contributed by atoms with Crippen LogP contribution in [0.3, 0.4) is 0 Å². The fraction of sp³-hybridized carbons (Fsp3) is 1.00. The summed E-state index contributed by atoms with van der Waals surface area (Å²) in [4.78, 5) is 0. The molecule has 0 aromatic rings. The summed E-state index contributed by atoms with van der Waals surface area (Å²) >= 11 is 0. The fourth-order valence-electron chi connectivity index (χ4n) is 2.55. The van der Waals surface area contributed by atoms with E-state index in [2.05, 4.69) is 6.92 Å². The van der Waals surface area contributed by atoms with Gasteiger partial charge < -0.3 is 10.5 Å². The first-order chi connectivity index (χ1) is 8.35. The number of ether oxygens (including phenoxy) is 1. The van der Waals surface area contributed by atoms with Crippen LogP contribution in [-0.4, -0.2) is 24.9 Å². The minimum atomic E-state index is -4.26. The molecule has 1 fully saturated rings. The van der Waals surface area contributed by atoms with E-state index < -0.39 is 18.3 Å². The molecular weight excluding hydrogens is 243 g/mol. The van der Waals surface area contributed by atoms with E-state index in [4.69, 9.17) is 10.5 Å². The summed E-state index contributed by atoms with van der Waals surface area (Å²) in [6.45, 7) is 0.999. The molecule has 0 spiro atoms. The van der Waals surface area contributed by atoms with Gasteiger partial charge in [0.15, 0.2) is 0 Å². The third-order valence-electron chi connectivity index (χ3n) is 3.72. The van der Waals surface area contributed by atoms with Crippen molar-refractivity contribution in [1.29, 1.82) is 0 Å². The minimum absolute atomic E-state index is 0.0208. The number of nitrogens with two attached hydrogens (primary N) is 1. The fourth-order valence-corrected chi connectivity index (χ4v) is 2.55. The monoisotopic (exact) mass is 267 g/mol. The van der Waals surface area contributed by atoms with Gasteiger partial charge in [-0.05, 0) is 31.6 Å². The van der Waals surface area contributed by atoms with Gasteiger partial charge in [-0.25, -0.2) is 0 Å². The first-order valence-electron chi connectivity index (χ1n) is 6.78. The Hall–Kier alpha value is -0.290. The molecule has 1 aliphatic rings. The van der Waals surface area contributed by atoms with Gasteiger partial charge in [0.05, 0.1) is 6.61 Å². The Labute approximate surface area is 107 Å². The highest BCUT2D eigenvalue weighted by Gasteiger charge is 2.34. The summed E-state index contributed by atoms with van der Waals surface area (Å²) in [7, 11) is 0. The molecule has 5 heteroatoms. The van der Waals surface area contributed by atoms with Gasteiger partial charge in [0.2, 0.25) is 0 Å². The van der Waals surface area contributed by atoms with Crippen LogP contribution in [0.25, 0.3) is 0 Å². The van der Waals surface area contributed by atoms with Crippen LogP contribution in [0, 0.1) is 5.92 Å². The summed E-state index contributed by atoms with van der Waals surface area (Å²) in [5.74, 6) is 0.698. The van der Waals surface area contributed by atoms with E-state index in [0.717, 1.165) is 25.7 Å². The van der Waals surface area contributed by atoms with Gasteiger partial charge in [-0.3, -0.25) is 0 Å². The summed E-state index contributed by atoms with van der Waals surface area (Å²) in [5.41, 5.74) is 5.54. The van der Waals surface area contributed by atoms with E-state index in [-0.39, 0.29) is 6.61 Å². The number of hydrogen-bond donors (Lipinski definition) is 1. The zero-order chi connectivity index (χ0) is 13.6. The molecule has 0 aromatic carbocycles. The highest BCUT2D eigenvalue weighted by atomic mass is 19.4. The number of hydrogen-bond acceptors (Lipinski definition) is 2. The topological polar surface area (TPSA) is 35.2 Å². The summed E-state index contributed by atoms with van der Waals surface area (Å²) in [5, 5.41) is 0. The van der Waals surface area contributed by atoms with E-state index in [1.165, 1.54) is 19.3 Å². The van der Waals surface area contributed by atoms with Gasteiger partial charge in [-0.2, -0.15) is 13.2 Å². The summed E-state index contributed by atoms with van der Waals surface area (Å²) in [6.07, 6.45) is 2.98. The molecule has 0 aromatic heterocycles. The Morgan fingerprint density at radius 3 is 2.39 bits per heavy atom. The smallest absolute Gasteiger partial charge is 0.370 e. The maximum atomic E-state index is 12.0. The van der Waals surface area contributed by atoms with Crippen molar-refractivity contribution in [1.82, 2.24) is 0 Å². The van der Waals surface area contributed by atoms with Gasteiger partial charge in [-0.1, -0.05) is 26.2 Å². The first kappa shape index (κ1) is 15.8. The van der Waals surface area contributed by atoms with E-state index >= 15 is 0 Å². The largest absolute Gasteiger partial charge is 0.411 e. The van der Waals surface area contributed by atoms with Gasteiger partial charge in [0.1, 0.15) is 6.61 Å². The van der Waals surface area contributed by atoms with Gasteiger partial charge in [0.25, 0.3) is 0 Å². The van der Waals surface area contributed by atoms with Crippen LogP contribution >= 0.6 is 0 Å². The van der Waals surface area contributed by atoms with E-state index in [9.17, 15) is 13.2 Å². The molecule has 108 valence electrons. The lowest BCUT2D eigenvalue weighted by molar-refractivity contribution is -0.178. The molecular formula is C13H24F3NO. The molecule has 0 atom stereocenters. The molecule has 0 bridgehead atoms. The van der Waals surface area contributed by atoms with E-state index in [1.54, 1.807) is 0 Å². The Bertz CT molecular complexity index is 235. The maximum absolute atomic E-state index is 12.0. The SMILES string of the molecule is CCCCC1CCC(N)(COCC(F)(F)F)CC1. The molecule has 0 aliphatic heterocycles. The third-order valence-corrected chi connectivity index (χ3v) is 3.72. The van der Waals surface area contributed by atoms with Gasteiger partial charge >= 0.3 is 6.18 Å². The normalized spacial score (nSPS) is 29.5. The molecule has 0 radical (unpaired) electrons. The molecule has 1 rings (SSSR count). The Kier molecular flexibility index (Phi) is 5.92. The van der Waals surface area contributed by atoms with Crippen LogP contribution in [0.2, 0.25) is 0 Å². The molecule has 0 saturated heterocycles. The number of unbranched alkanes of at least 4 members (excludes halogenated alkanes) is 1. The van der Waals surface area contributed by atoms with Crippen LogP contribution in [0.5, 0.6) is 0 Å². The predicted molar refractivity (Wildman–Crippen MR) is 65.3 cm³/mol. The second-order valence-corrected chi connectivity index (χ2v) is 5.56. The zero-order valence-electron chi connectivity index (χ0n) is 11.1. The number of rotatable bonds is 6. The van der Waals surface area contributed by atoms with Crippen molar-refractivity contribution in [2.24, 2.45) is 11.7 Å². The van der Waals surface area contributed by atoms with Crippen molar-refractivity contribution < 1.29 is 17.9 Å². The van der Waals surface area contributed by atoms with Crippen molar-refractivity contribution in [3.05, 3.63) is 0 Å². The second-order valence-electron chi connectivity index (χ2n) is 5.56. The Morgan fingerprint density at radius 1 is 1.28 bits per heavy atom. The van der Waals surface area contributed by atoms with Crippen molar-refractivity contribution in [2.45, 2.75) is 63.6 Å². The summed E-state index contributed by atoms with van der Waals surface area (Å²) in [6, 6.07) is 0. The maximum Gasteiger partial charge on any atom is 0.411 e. The molecule has 2 nitrogen and oxygen atoms in total. The predicted octanol–water partition coefficient (Wildman–Crippen LogP) is 3.64. The third kappa shape index (κ3) is 6.05. The lowest BCUT2D eigenvalue weighted by Gasteiger charge is -2.37. The molecule has 1 saturated carbocycles. The van der Waals surface area contributed by atoms with Crippen LogP contribution in [0.4, 0.5) is 13.2 Å². The van der Waals surface area contributed by atoms with Crippen molar-refractivity contribution in [2.75, 3.05) is 13.2 Å². The molecule has 2 N–H and O–H groups in total. The van der Waals surface area contributed by atoms with Crippen molar-refractivity contribution in [3.8, 4) is 0 Å². The number of halogens is 3. The van der Waals surface area contributed by atoms with E-state index in [0.29, 0.717) is 5.92 Å². The standard InChI is InChI=1S/C13H24F3NO/c1-2-3-4-11-5-7-12(17,8-6-11)9-18-10-13(14,15)16/h11H,2-10,17H2,1H3. The highest BCUT2D eigenvalue weighted by molar-refractivity contribution is 4.89. The lowest BCUT2D eigenvalue weighted by atomic mass is 9.76. The Balaban J connectivity index is 2.22. The molecule has 0 unspecified atom stereocenters. The average molecular weight is 267 g/mol. The van der Waals surface area contributed by atoms with Crippen LogP contribution in [0.1, 0.15) is 51.9 Å². The molecule has 0 amide bonds. The van der Waals surface area contributed by atoms with Crippen molar-refractivity contribution in [3.63, 3.8) is 0 Å². The van der Waals surface area contributed by atoms with E-state index in [1.807, 2.05) is 0 Å². The molecule has 1 aliphatic carbocycles. The Morgan fingerprint density at radius 2 is 1.89 bits per heavy atom. The van der Waals surface area contributed by atoms with Crippen LogP contribution < -0.4 is 5.73 Å². The number of alkyl halides is 3. The minimum Gasteiger partial charge on any atom is -0.370 e. The van der Waals surface area contributed by atoms with Crippen molar-refractivity contribution >= 4 is 0 Å². The van der Waals surface area contributed by atoms with Crippen LogP contribution in [0.15, 0.2) is 0 Å². The quantitative estimate of drug-likeness (QED) is 0.797. The summed E-state index contributed by atoms with van der Waals surface area (Å²) < 4.78 is 40.6. The molecule has 18 heavy (non-hydrogen) atoms. The average Bonchev–Trinajstić information content (AvgIpc) is 2.26. The van der Waals surface area contributed by atoms with Crippen LogP contribution in [-0.2, 0) is 4.74 Å². The highest BCUT2D eigenvalue weighted by Crippen LogP contribution is 2.33. The first-order valence-corrected chi connectivity index (χ1v) is 6.78.